The van der Waals surface area contributed by atoms with E-state index in [4.69, 9.17) is 5.73 Å². The summed E-state index contributed by atoms with van der Waals surface area (Å²) in [5.74, 6) is 0. The van der Waals surface area contributed by atoms with Crippen LogP contribution in [0.15, 0.2) is 18.2 Å². The Hall–Kier alpha value is -0.530. The summed E-state index contributed by atoms with van der Waals surface area (Å²) >= 11 is 0. The molecule has 0 aromatic heterocycles. The highest BCUT2D eigenvalue weighted by atomic mass is 35.5. The van der Waals surface area contributed by atoms with Crippen LogP contribution >= 0.6 is 12.4 Å². The minimum Gasteiger partial charge on any atom is -0.322 e. The molecule has 0 spiro atoms. The number of aryl methyl sites for hydroxylation is 2. The zero-order valence-electron chi connectivity index (χ0n) is 8.72. The summed E-state index contributed by atoms with van der Waals surface area (Å²) in [5, 5.41) is 0. The van der Waals surface area contributed by atoms with E-state index in [9.17, 15) is 0 Å². The highest BCUT2D eigenvalue weighted by Gasteiger charge is 2.13. The molecule has 0 amide bonds. The van der Waals surface area contributed by atoms with Gasteiger partial charge in [-0.25, -0.2) is 0 Å². The van der Waals surface area contributed by atoms with E-state index in [1.54, 1.807) is 0 Å². The van der Waals surface area contributed by atoms with Crippen LogP contribution in [0.1, 0.15) is 30.5 Å². The Balaban J connectivity index is 0.00000144. The Morgan fingerprint density at radius 2 is 1.62 bits per heavy atom. The predicted molar refractivity (Wildman–Crippen MR) is 60.4 cm³/mol. The minimum atomic E-state index is -0.224. The molecule has 0 fully saturated rings. The van der Waals surface area contributed by atoms with Crippen molar-refractivity contribution in [3.05, 3.63) is 34.9 Å². The van der Waals surface area contributed by atoms with Gasteiger partial charge in [0.25, 0.3) is 0 Å². The van der Waals surface area contributed by atoms with Crippen LogP contribution in [-0.4, -0.2) is 0 Å². The Labute approximate surface area is 86.7 Å². The fourth-order valence-electron chi connectivity index (χ4n) is 1.14. The molecular weight excluding hydrogens is 182 g/mol. The van der Waals surface area contributed by atoms with Gasteiger partial charge in [-0.3, -0.25) is 0 Å². The Bertz CT molecular complexity index is 287. The first-order chi connectivity index (χ1) is 5.41. The zero-order valence-corrected chi connectivity index (χ0v) is 9.53. The van der Waals surface area contributed by atoms with E-state index in [0.717, 1.165) is 0 Å². The van der Waals surface area contributed by atoms with Gasteiger partial charge in [-0.1, -0.05) is 18.2 Å². The van der Waals surface area contributed by atoms with Crippen molar-refractivity contribution in [1.29, 1.82) is 0 Å². The largest absolute Gasteiger partial charge is 0.322 e. The molecule has 2 heteroatoms. The van der Waals surface area contributed by atoms with Gasteiger partial charge >= 0.3 is 0 Å². The molecule has 2 N–H and O–H groups in total. The third-order valence-electron chi connectivity index (χ3n) is 2.25. The van der Waals surface area contributed by atoms with Gasteiger partial charge in [0.15, 0.2) is 0 Å². The summed E-state index contributed by atoms with van der Waals surface area (Å²) in [5.41, 5.74) is 9.58. The van der Waals surface area contributed by atoms with E-state index in [1.807, 2.05) is 13.8 Å². The molecule has 0 atom stereocenters. The lowest BCUT2D eigenvalue weighted by Gasteiger charge is -2.20. The monoisotopic (exact) mass is 199 g/mol. The molecule has 1 aromatic rings. The maximum Gasteiger partial charge on any atom is 0.0352 e. The fraction of sp³-hybridized carbons (Fsp3) is 0.455. The topological polar surface area (TPSA) is 26.0 Å². The normalized spacial score (nSPS) is 10.8. The predicted octanol–water partition coefficient (Wildman–Crippen LogP) is 2.92. The van der Waals surface area contributed by atoms with Gasteiger partial charge in [0.05, 0.1) is 0 Å². The van der Waals surface area contributed by atoms with Gasteiger partial charge in [0.2, 0.25) is 0 Å². The smallest absolute Gasteiger partial charge is 0.0352 e. The maximum absolute atomic E-state index is 5.98. The molecule has 0 radical (unpaired) electrons. The Morgan fingerprint density at radius 3 is 2.00 bits per heavy atom. The minimum absolute atomic E-state index is 0. The first-order valence-corrected chi connectivity index (χ1v) is 4.28. The average molecular weight is 200 g/mol. The number of nitrogens with two attached hydrogens (primary N) is 1. The van der Waals surface area contributed by atoms with Gasteiger partial charge in [-0.2, -0.15) is 0 Å². The Morgan fingerprint density at radius 1 is 1.08 bits per heavy atom. The fourth-order valence-corrected chi connectivity index (χ4v) is 1.14. The summed E-state index contributed by atoms with van der Waals surface area (Å²) in [4.78, 5) is 0. The van der Waals surface area contributed by atoms with Crippen molar-refractivity contribution in [2.24, 2.45) is 5.73 Å². The lowest BCUT2D eigenvalue weighted by atomic mass is 9.93. The first-order valence-electron chi connectivity index (χ1n) is 4.28. The van der Waals surface area contributed by atoms with E-state index in [1.165, 1.54) is 16.7 Å². The molecule has 0 aliphatic carbocycles. The molecular formula is C11H18ClN. The number of benzene rings is 1. The molecule has 0 aliphatic rings. The van der Waals surface area contributed by atoms with Crippen LogP contribution in [0.3, 0.4) is 0 Å². The van der Waals surface area contributed by atoms with Gasteiger partial charge in [-0.15, -0.1) is 12.4 Å². The van der Waals surface area contributed by atoms with Gasteiger partial charge in [0, 0.05) is 5.54 Å². The van der Waals surface area contributed by atoms with Crippen molar-refractivity contribution in [1.82, 2.24) is 0 Å². The third-order valence-corrected chi connectivity index (χ3v) is 2.25. The van der Waals surface area contributed by atoms with Crippen molar-refractivity contribution in [2.75, 3.05) is 0 Å². The van der Waals surface area contributed by atoms with Gasteiger partial charge in [-0.05, 0) is 44.4 Å². The van der Waals surface area contributed by atoms with Crippen molar-refractivity contribution in [3.63, 3.8) is 0 Å². The molecule has 1 rings (SSSR count). The van der Waals surface area contributed by atoms with Crippen LogP contribution in [0.2, 0.25) is 0 Å². The van der Waals surface area contributed by atoms with Crippen LogP contribution in [0.25, 0.3) is 0 Å². The van der Waals surface area contributed by atoms with E-state index >= 15 is 0 Å². The van der Waals surface area contributed by atoms with Crippen LogP contribution in [0, 0.1) is 13.8 Å². The molecule has 1 aromatic carbocycles. The summed E-state index contributed by atoms with van der Waals surface area (Å²) in [6.45, 7) is 8.28. The SMILES string of the molecule is Cc1ccc(C(C)(C)N)cc1C.Cl. The standard InChI is InChI=1S/C11H17N.ClH/c1-8-5-6-10(7-9(8)2)11(3,4)12;/h5-7H,12H2,1-4H3;1H. The molecule has 0 bridgehead atoms. The second-order valence-electron chi connectivity index (χ2n) is 4.02. The number of rotatable bonds is 1. The van der Waals surface area contributed by atoms with E-state index in [-0.39, 0.29) is 17.9 Å². The summed E-state index contributed by atoms with van der Waals surface area (Å²) in [6, 6.07) is 6.39. The number of halogens is 1. The summed E-state index contributed by atoms with van der Waals surface area (Å²) < 4.78 is 0. The highest BCUT2D eigenvalue weighted by molar-refractivity contribution is 5.85. The van der Waals surface area contributed by atoms with Crippen molar-refractivity contribution in [3.8, 4) is 0 Å². The lowest BCUT2D eigenvalue weighted by molar-refractivity contribution is 0.554. The maximum atomic E-state index is 5.98. The molecule has 0 saturated heterocycles. The van der Waals surface area contributed by atoms with Crippen LogP contribution in [-0.2, 0) is 5.54 Å². The Kier molecular flexibility index (Phi) is 3.95. The summed E-state index contributed by atoms with van der Waals surface area (Å²) in [6.07, 6.45) is 0. The first kappa shape index (κ1) is 12.5. The second kappa shape index (κ2) is 4.12. The van der Waals surface area contributed by atoms with E-state index < -0.39 is 0 Å². The molecule has 13 heavy (non-hydrogen) atoms. The third kappa shape index (κ3) is 3.02. The van der Waals surface area contributed by atoms with Crippen LogP contribution in [0.5, 0.6) is 0 Å². The molecule has 0 aliphatic heterocycles. The lowest BCUT2D eigenvalue weighted by Crippen LogP contribution is -2.28. The number of hydrogen-bond acceptors (Lipinski definition) is 1. The van der Waals surface area contributed by atoms with E-state index in [0.29, 0.717) is 0 Å². The zero-order chi connectivity index (χ0) is 9.35. The number of hydrogen-bond donors (Lipinski definition) is 1. The molecule has 0 heterocycles. The van der Waals surface area contributed by atoms with Crippen molar-refractivity contribution in [2.45, 2.75) is 33.2 Å². The van der Waals surface area contributed by atoms with E-state index in [2.05, 4.69) is 32.0 Å². The molecule has 74 valence electrons. The van der Waals surface area contributed by atoms with Crippen LogP contribution < -0.4 is 5.73 Å². The van der Waals surface area contributed by atoms with Gasteiger partial charge < -0.3 is 5.73 Å². The second-order valence-corrected chi connectivity index (χ2v) is 4.02. The molecule has 0 saturated carbocycles. The highest BCUT2D eigenvalue weighted by Crippen LogP contribution is 2.19. The van der Waals surface area contributed by atoms with Crippen molar-refractivity contribution < 1.29 is 0 Å². The van der Waals surface area contributed by atoms with Crippen molar-refractivity contribution >= 4 is 12.4 Å². The van der Waals surface area contributed by atoms with Crippen LogP contribution in [0.4, 0.5) is 0 Å². The van der Waals surface area contributed by atoms with Gasteiger partial charge in [0.1, 0.15) is 0 Å². The average Bonchev–Trinajstić information content (AvgIpc) is 1.92. The molecule has 1 nitrogen and oxygen atoms in total. The quantitative estimate of drug-likeness (QED) is 0.740. The summed E-state index contributed by atoms with van der Waals surface area (Å²) in [7, 11) is 0. The molecule has 0 unspecified atom stereocenters.